The number of rotatable bonds is 5. The number of halogens is 3. The van der Waals surface area contributed by atoms with Gasteiger partial charge in [0.05, 0.1) is 19.3 Å². The van der Waals surface area contributed by atoms with E-state index in [1.807, 2.05) is 24.3 Å². The smallest absolute Gasteiger partial charge is 0.470 e. The average Bonchev–Trinajstić information content (AvgIpc) is 3.43. The first-order chi connectivity index (χ1) is 17.8. The zero-order valence-electron chi connectivity index (χ0n) is 19.7. The Labute approximate surface area is 210 Å². The maximum atomic E-state index is 13.3. The zero-order chi connectivity index (χ0) is 26.0. The van der Waals surface area contributed by atoms with Gasteiger partial charge in [-0.2, -0.15) is 13.2 Å². The third-order valence-electron chi connectivity index (χ3n) is 6.45. The van der Waals surface area contributed by atoms with Crippen molar-refractivity contribution in [2.45, 2.75) is 37.3 Å². The van der Waals surface area contributed by atoms with Crippen molar-refractivity contribution >= 4 is 17.7 Å². The van der Waals surface area contributed by atoms with Crippen LogP contribution in [0.3, 0.4) is 0 Å². The number of hydrogen-bond donors (Lipinski definition) is 2. The van der Waals surface area contributed by atoms with E-state index in [0.717, 1.165) is 12.0 Å². The van der Waals surface area contributed by atoms with Crippen molar-refractivity contribution in [2.75, 3.05) is 26.3 Å². The number of hydroxylamine groups is 1. The second-order valence-electron chi connectivity index (χ2n) is 8.90. The molecule has 0 spiro atoms. The van der Waals surface area contributed by atoms with Crippen molar-refractivity contribution in [3.63, 3.8) is 0 Å². The molecule has 196 valence electrons. The topological polar surface area (TPSA) is 101 Å². The van der Waals surface area contributed by atoms with Crippen molar-refractivity contribution in [3.8, 4) is 5.75 Å². The number of aryl methyl sites for hydroxylation is 1. The van der Waals surface area contributed by atoms with Gasteiger partial charge < -0.3 is 24.5 Å². The van der Waals surface area contributed by atoms with Gasteiger partial charge in [-0.1, -0.05) is 30.3 Å². The number of hydrogen-bond acceptors (Lipinski definition) is 7. The van der Waals surface area contributed by atoms with Crippen molar-refractivity contribution in [2.24, 2.45) is 4.99 Å². The minimum atomic E-state index is -4.69. The highest BCUT2D eigenvalue weighted by Gasteiger charge is 2.43. The highest BCUT2D eigenvalue weighted by Crippen LogP contribution is 2.29. The van der Waals surface area contributed by atoms with Crippen LogP contribution in [0.4, 0.5) is 13.2 Å². The number of nitrogens with one attached hydrogen (secondary N) is 2. The summed E-state index contributed by atoms with van der Waals surface area (Å²) in [7, 11) is 0. The monoisotopic (exact) mass is 518 g/mol. The largest absolute Gasteiger partial charge is 0.480 e. The lowest BCUT2D eigenvalue weighted by atomic mass is 10.0. The van der Waals surface area contributed by atoms with Gasteiger partial charge in [0, 0.05) is 18.7 Å². The predicted octanol–water partition coefficient (Wildman–Crippen LogP) is 2.53. The summed E-state index contributed by atoms with van der Waals surface area (Å²) in [6.07, 6.45) is -4.98. The number of aliphatic imine (C=N–C) groups is 1. The summed E-state index contributed by atoms with van der Waals surface area (Å²) in [4.78, 5) is 35.6. The van der Waals surface area contributed by atoms with Crippen molar-refractivity contribution in [3.05, 3.63) is 65.2 Å². The van der Waals surface area contributed by atoms with Gasteiger partial charge in [0.2, 0.25) is 0 Å². The molecular weight excluding hydrogens is 493 g/mol. The Balaban J connectivity index is 1.18. The maximum absolute atomic E-state index is 13.3. The van der Waals surface area contributed by atoms with E-state index in [1.165, 1.54) is 24.3 Å². The van der Waals surface area contributed by atoms with Crippen LogP contribution in [-0.2, 0) is 20.8 Å². The van der Waals surface area contributed by atoms with Gasteiger partial charge in [0.1, 0.15) is 5.75 Å². The van der Waals surface area contributed by atoms with E-state index in [1.54, 1.807) is 4.90 Å². The molecule has 1 fully saturated rings. The Kier molecular flexibility index (Phi) is 7.02. The fourth-order valence-corrected chi connectivity index (χ4v) is 4.48. The van der Waals surface area contributed by atoms with Gasteiger partial charge in [-0.05, 0) is 42.2 Å². The van der Waals surface area contributed by atoms with Crippen LogP contribution in [0.5, 0.6) is 5.75 Å². The molecule has 12 heteroatoms. The molecule has 2 aromatic rings. The molecule has 37 heavy (non-hydrogen) atoms. The minimum absolute atomic E-state index is 0.133. The average molecular weight is 518 g/mol. The minimum Gasteiger partial charge on any atom is -0.480 e. The number of para-hydroxylation sites is 1. The molecule has 2 N–H and O–H groups in total. The number of carbonyl (C=O) groups is 2. The van der Waals surface area contributed by atoms with Gasteiger partial charge >= 0.3 is 12.1 Å². The lowest BCUT2D eigenvalue weighted by Gasteiger charge is -2.38. The molecule has 1 saturated heterocycles. The Morgan fingerprint density at radius 3 is 2.68 bits per heavy atom. The second kappa shape index (κ2) is 10.4. The number of ether oxygens (including phenoxy) is 2. The Morgan fingerprint density at radius 1 is 1.14 bits per heavy atom. The van der Waals surface area contributed by atoms with Crippen LogP contribution in [0.1, 0.15) is 34.1 Å². The molecule has 3 unspecified atom stereocenters. The lowest BCUT2D eigenvalue weighted by molar-refractivity contribution is -0.148. The van der Waals surface area contributed by atoms with Crippen LogP contribution in [-0.4, -0.2) is 67.2 Å². The molecule has 2 aromatic carbocycles. The number of nitrogens with zero attached hydrogens (tertiary/aromatic N) is 2. The third-order valence-corrected chi connectivity index (χ3v) is 6.45. The Hall–Kier alpha value is -3.64. The number of fused-ring (bicyclic) bond motifs is 1. The van der Waals surface area contributed by atoms with Crippen LogP contribution in [0, 0.1) is 0 Å². The van der Waals surface area contributed by atoms with E-state index in [9.17, 15) is 22.8 Å². The molecule has 3 atom stereocenters. The predicted molar refractivity (Wildman–Crippen MR) is 125 cm³/mol. The first-order valence-corrected chi connectivity index (χ1v) is 11.9. The quantitative estimate of drug-likeness (QED) is 0.631. The highest BCUT2D eigenvalue weighted by atomic mass is 19.4. The number of amides is 2. The van der Waals surface area contributed by atoms with E-state index in [-0.39, 0.29) is 31.0 Å². The molecule has 3 aliphatic rings. The molecule has 0 aliphatic carbocycles. The van der Waals surface area contributed by atoms with E-state index >= 15 is 0 Å². The molecule has 0 radical (unpaired) electrons. The van der Waals surface area contributed by atoms with Crippen LogP contribution < -0.4 is 15.5 Å². The summed E-state index contributed by atoms with van der Waals surface area (Å²) in [6.45, 7) is 1.25. The van der Waals surface area contributed by atoms with Crippen LogP contribution in [0.15, 0.2) is 53.5 Å². The summed E-state index contributed by atoms with van der Waals surface area (Å²) >= 11 is 0. The van der Waals surface area contributed by atoms with Crippen LogP contribution >= 0.6 is 0 Å². The normalized spacial score (nSPS) is 23.4. The molecule has 3 aliphatic heterocycles. The molecule has 0 saturated carbocycles. The molecule has 3 heterocycles. The fourth-order valence-electron chi connectivity index (χ4n) is 4.48. The molecule has 2 amide bonds. The van der Waals surface area contributed by atoms with Crippen LogP contribution in [0.25, 0.3) is 0 Å². The number of carbonyl (C=O) groups excluding carboxylic acids is 2. The standard InChI is InChI=1S/C25H25F3N4O5/c26-25(27,28)24-30-21(31-37-24)16-5-7-17(8-6-16)22(33)29-13-18-14-35-12-11-32(18)23(34)20-10-9-15-3-1-2-4-19(15)36-20/h1-8,18,20-21,31H,9-14H2,(H,29,33). The number of benzene rings is 2. The summed E-state index contributed by atoms with van der Waals surface area (Å²) in [5, 5.41) is 2.82. The van der Waals surface area contributed by atoms with Gasteiger partial charge in [-0.25, -0.2) is 4.99 Å². The number of morpholine rings is 1. The number of alkyl halides is 3. The lowest BCUT2D eigenvalue weighted by Crippen LogP contribution is -2.57. The summed E-state index contributed by atoms with van der Waals surface area (Å²) < 4.78 is 49.7. The maximum Gasteiger partial charge on any atom is 0.470 e. The zero-order valence-corrected chi connectivity index (χ0v) is 19.7. The molecule has 0 aromatic heterocycles. The SMILES string of the molecule is O=C(NCC1COCCN1C(=O)C1CCc2ccccc2O1)c1ccc(C2N=C(C(F)(F)F)ON2)cc1. The van der Waals surface area contributed by atoms with Gasteiger partial charge in [0.15, 0.2) is 12.3 Å². The fraction of sp³-hybridized carbons (Fsp3) is 0.400. The van der Waals surface area contributed by atoms with Gasteiger partial charge in [0.25, 0.3) is 11.8 Å². The van der Waals surface area contributed by atoms with Gasteiger partial charge in [-0.15, -0.1) is 5.48 Å². The van der Waals surface area contributed by atoms with Crippen LogP contribution in [0.2, 0.25) is 0 Å². The summed E-state index contributed by atoms with van der Waals surface area (Å²) in [6, 6.07) is 13.3. The van der Waals surface area contributed by atoms with Crippen molar-refractivity contribution in [1.82, 2.24) is 15.7 Å². The van der Waals surface area contributed by atoms with Crippen molar-refractivity contribution in [1.29, 1.82) is 0 Å². The Bertz CT molecular complexity index is 1190. The van der Waals surface area contributed by atoms with Crippen molar-refractivity contribution < 1.29 is 37.1 Å². The van der Waals surface area contributed by atoms with E-state index in [2.05, 4.69) is 20.6 Å². The molecule has 0 bridgehead atoms. The van der Waals surface area contributed by atoms with E-state index in [4.69, 9.17) is 9.47 Å². The van der Waals surface area contributed by atoms with E-state index in [0.29, 0.717) is 36.4 Å². The van der Waals surface area contributed by atoms with Gasteiger partial charge in [-0.3, -0.25) is 9.59 Å². The molecule has 9 nitrogen and oxygen atoms in total. The first-order valence-electron chi connectivity index (χ1n) is 11.9. The van der Waals surface area contributed by atoms with E-state index < -0.39 is 24.3 Å². The molecule has 5 rings (SSSR count). The first kappa shape index (κ1) is 25.0. The third kappa shape index (κ3) is 5.54. The Morgan fingerprint density at radius 2 is 1.92 bits per heavy atom. The summed E-state index contributed by atoms with van der Waals surface area (Å²) in [5.74, 6) is -1.15. The second-order valence-corrected chi connectivity index (χ2v) is 8.90. The summed E-state index contributed by atoms with van der Waals surface area (Å²) in [5.41, 5.74) is 4.00. The molecular formula is C25H25F3N4O5. The highest BCUT2D eigenvalue weighted by molar-refractivity contribution is 5.94.